The van der Waals surface area contributed by atoms with Gasteiger partial charge in [-0.2, -0.15) is 0 Å². The van der Waals surface area contributed by atoms with E-state index in [0.717, 1.165) is 45.4 Å². The summed E-state index contributed by atoms with van der Waals surface area (Å²) in [5, 5.41) is 0. The van der Waals surface area contributed by atoms with Crippen molar-refractivity contribution in [1.82, 2.24) is 4.90 Å². The lowest BCUT2D eigenvalue weighted by atomic mass is 10.1. The number of morpholine rings is 1. The molecule has 0 amide bonds. The van der Waals surface area contributed by atoms with Crippen molar-refractivity contribution in [1.29, 1.82) is 0 Å². The number of likely N-dealkylation sites (N-methyl/N-ethyl adjacent to an activating group) is 1. The van der Waals surface area contributed by atoms with E-state index >= 15 is 0 Å². The fourth-order valence-electron chi connectivity index (χ4n) is 1.82. The van der Waals surface area contributed by atoms with E-state index < -0.39 is 0 Å². The van der Waals surface area contributed by atoms with Crippen molar-refractivity contribution < 1.29 is 9.47 Å². The molecule has 90 valence electrons. The molecule has 0 aromatic heterocycles. The first-order valence-electron chi connectivity index (χ1n) is 6.24. The number of ether oxygens (including phenoxy) is 2. The van der Waals surface area contributed by atoms with E-state index in [1.54, 1.807) is 0 Å². The lowest BCUT2D eigenvalue weighted by Gasteiger charge is -2.24. The number of rotatable bonds is 2. The Morgan fingerprint density at radius 2 is 1.80 bits per heavy atom. The fourth-order valence-corrected chi connectivity index (χ4v) is 1.82. The molecule has 0 radical (unpaired) electrons. The van der Waals surface area contributed by atoms with Gasteiger partial charge in [-0.1, -0.05) is 20.3 Å². The van der Waals surface area contributed by atoms with Gasteiger partial charge in [0.25, 0.3) is 0 Å². The zero-order valence-electron chi connectivity index (χ0n) is 10.2. The average Bonchev–Trinajstić information content (AvgIpc) is 2.84. The van der Waals surface area contributed by atoms with Gasteiger partial charge in [-0.15, -0.1) is 0 Å². The Balaban J connectivity index is 0.000000151. The Morgan fingerprint density at radius 1 is 1.07 bits per heavy atom. The Morgan fingerprint density at radius 3 is 2.13 bits per heavy atom. The predicted octanol–water partition coefficient (Wildman–Crippen LogP) is 1.77. The molecule has 2 rings (SSSR count). The first-order chi connectivity index (χ1) is 7.36. The Labute approximate surface area is 93.7 Å². The first kappa shape index (κ1) is 12.9. The summed E-state index contributed by atoms with van der Waals surface area (Å²) >= 11 is 0. The molecule has 0 N–H and O–H groups in total. The molecule has 2 aliphatic rings. The smallest absolute Gasteiger partial charge is 0.0594 e. The third-order valence-corrected chi connectivity index (χ3v) is 3.15. The van der Waals surface area contributed by atoms with Gasteiger partial charge in [-0.25, -0.2) is 0 Å². The lowest BCUT2D eigenvalue weighted by Crippen LogP contribution is -2.35. The van der Waals surface area contributed by atoms with Crippen LogP contribution in [0, 0.1) is 5.92 Å². The highest BCUT2D eigenvalue weighted by molar-refractivity contribution is 4.60. The minimum atomic E-state index is 0.875. The van der Waals surface area contributed by atoms with E-state index in [0.29, 0.717) is 0 Å². The summed E-state index contributed by atoms with van der Waals surface area (Å²) in [6.45, 7) is 11.7. The molecule has 2 fully saturated rings. The molecule has 3 heteroatoms. The zero-order chi connectivity index (χ0) is 10.9. The van der Waals surface area contributed by atoms with Crippen LogP contribution >= 0.6 is 0 Å². The van der Waals surface area contributed by atoms with E-state index in [2.05, 4.69) is 18.7 Å². The fraction of sp³-hybridized carbons (Fsp3) is 1.00. The molecular formula is C12H25NO2. The van der Waals surface area contributed by atoms with Crippen LogP contribution in [0.3, 0.4) is 0 Å². The van der Waals surface area contributed by atoms with Gasteiger partial charge in [0.15, 0.2) is 0 Å². The summed E-state index contributed by atoms with van der Waals surface area (Å²) in [5.41, 5.74) is 0. The van der Waals surface area contributed by atoms with E-state index in [-0.39, 0.29) is 0 Å². The monoisotopic (exact) mass is 215 g/mol. The molecule has 15 heavy (non-hydrogen) atoms. The van der Waals surface area contributed by atoms with Crippen LogP contribution in [0.25, 0.3) is 0 Å². The third kappa shape index (κ3) is 5.50. The van der Waals surface area contributed by atoms with Gasteiger partial charge in [0, 0.05) is 26.3 Å². The molecule has 1 unspecified atom stereocenters. The minimum Gasteiger partial charge on any atom is -0.381 e. The van der Waals surface area contributed by atoms with E-state index in [9.17, 15) is 0 Å². The van der Waals surface area contributed by atoms with Gasteiger partial charge >= 0.3 is 0 Å². The molecule has 0 aromatic carbocycles. The van der Waals surface area contributed by atoms with Crippen molar-refractivity contribution in [3.8, 4) is 0 Å². The van der Waals surface area contributed by atoms with Crippen molar-refractivity contribution in [2.45, 2.75) is 26.7 Å². The molecule has 2 saturated heterocycles. The summed E-state index contributed by atoms with van der Waals surface area (Å²) in [4.78, 5) is 2.39. The molecule has 0 saturated carbocycles. The second kappa shape index (κ2) is 8.08. The molecule has 0 bridgehead atoms. The van der Waals surface area contributed by atoms with E-state index in [1.807, 2.05) is 0 Å². The summed E-state index contributed by atoms with van der Waals surface area (Å²) < 4.78 is 10.3. The molecule has 0 aliphatic carbocycles. The van der Waals surface area contributed by atoms with Gasteiger partial charge in [-0.05, 0) is 18.9 Å². The zero-order valence-corrected chi connectivity index (χ0v) is 10.2. The molecule has 1 atom stereocenters. The van der Waals surface area contributed by atoms with Gasteiger partial charge < -0.3 is 9.47 Å². The van der Waals surface area contributed by atoms with E-state index in [4.69, 9.17) is 9.47 Å². The van der Waals surface area contributed by atoms with Crippen molar-refractivity contribution >= 4 is 0 Å². The van der Waals surface area contributed by atoms with Crippen molar-refractivity contribution in [3.63, 3.8) is 0 Å². The molecular weight excluding hydrogens is 190 g/mol. The second-order valence-corrected chi connectivity index (χ2v) is 4.18. The molecule has 0 spiro atoms. The maximum atomic E-state index is 5.16. The topological polar surface area (TPSA) is 21.7 Å². The number of hydrogen-bond acceptors (Lipinski definition) is 3. The van der Waals surface area contributed by atoms with Crippen LogP contribution in [0.5, 0.6) is 0 Å². The van der Waals surface area contributed by atoms with Gasteiger partial charge in [0.1, 0.15) is 0 Å². The quantitative estimate of drug-likeness (QED) is 0.701. The highest BCUT2D eigenvalue weighted by atomic mass is 16.5. The van der Waals surface area contributed by atoms with Crippen LogP contribution < -0.4 is 0 Å². The summed E-state index contributed by atoms with van der Waals surface area (Å²) in [5.74, 6) is 0.875. The van der Waals surface area contributed by atoms with Crippen LogP contribution in [0.1, 0.15) is 26.7 Å². The lowest BCUT2D eigenvalue weighted by molar-refractivity contribution is 0.0405. The first-order valence-corrected chi connectivity index (χ1v) is 6.24. The van der Waals surface area contributed by atoms with Crippen LogP contribution in [-0.4, -0.2) is 51.0 Å². The summed E-state index contributed by atoms with van der Waals surface area (Å²) in [6.07, 6.45) is 2.58. The van der Waals surface area contributed by atoms with Gasteiger partial charge in [0.2, 0.25) is 0 Å². The normalized spacial score (nSPS) is 27.2. The molecule has 2 heterocycles. The van der Waals surface area contributed by atoms with Crippen molar-refractivity contribution in [2.75, 3.05) is 46.1 Å². The molecule has 0 aromatic rings. The van der Waals surface area contributed by atoms with Crippen LogP contribution in [-0.2, 0) is 9.47 Å². The number of hydrogen-bond donors (Lipinski definition) is 0. The summed E-state index contributed by atoms with van der Waals surface area (Å²) in [6, 6.07) is 0. The standard InChI is InChI=1S/C6H13NO.C6H12O/c1-2-7-3-5-8-6-4-7;1-2-6-3-4-7-5-6/h2-6H2,1H3;6H,2-5H2,1H3. The highest BCUT2D eigenvalue weighted by Crippen LogP contribution is 2.14. The van der Waals surface area contributed by atoms with Gasteiger partial charge in [-0.3, -0.25) is 4.90 Å². The highest BCUT2D eigenvalue weighted by Gasteiger charge is 2.11. The number of nitrogens with zero attached hydrogens (tertiary/aromatic N) is 1. The van der Waals surface area contributed by atoms with Crippen LogP contribution in [0.2, 0.25) is 0 Å². The van der Waals surface area contributed by atoms with E-state index in [1.165, 1.54) is 19.4 Å². The van der Waals surface area contributed by atoms with Crippen LogP contribution in [0.4, 0.5) is 0 Å². The Kier molecular flexibility index (Phi) is 6.98. The third-order valence-electron chi connectivity index (χ3n) is 3.15. The summed E-state index contributed by atoms with van der Waals surface area (Å²) in [7, 11) is 0. The van der Waals surface area contributed by atoms with Gasteiger partial charge in [0.05, 0.1) is 13.2 Å². The largest absolute Gasteiger partial charge is 0.381 e. The Bertz CT molecular complexity index is 141. The molecule has 2 aliphatic heterocycles. The molecule has 3 nitrogen and oxygen atoms in total. The van der Waals surface area contributed by atoms with Crippen molar-refractivity contribution in [2.24, 2.45) is 5.92 Å². The maximum absolute atomic E-state index is 5.16. The van der Waals surface area contributed by atoms with Crippen LogP contribution in [0.15, 0.2) is 0 Å². The maximum Gasteiger partial charge on any atom is 0.0594 e. The average molecular weight is 215 g/mol. The predicted molar refractivity (Wildman–Crippen MR) is 62.2 cm³/mol. The minimum absolute atomic E-state index is 0.875. The second-order valence-electron chi connectivity index (χ2n) is 4.18. The Hall–Kier alpha value is -0.120. The SMILES string of the molecule is CCC1CCOC1.CCN1CCOCC1. The van der Waals surface area contributed by atoms with Crippen molar-refractivity contribution in [3.05, 3.63) is 0 Å².